The molecular formula is C50H82N2Ni. The SMILES string of the molecule is CCCCCCCCC1=C(c2cc(CCCC)cc(CCCC)c2)[N+](=[N-])C(c2cc(CCCCC)cc(CCCCC)c2)=C1CCCC.[CH2-]C.[CH2-]C.[Ni+2]. The minimum Gasteiger partial charge on any atom is -0.493 e. The van der Waals surface area contributed by atoms with Crippen LogP contribution in [0.1, 0.15) is 217 Å². The van der Waals surface area contributed by atoms with Gasteiger partial charge in [0, 0.05) is 22.3 Å². The molecule has 2 nitrogen and oxygen atoms in total. The predicted molar refractivity (Wildman–Crippen MR) is 234 cm³/mol. The van der Waals surface area contributed by atoms with Gasteiger partial charge in [-0.05, 0) is 124 Å². The van der Waals surface area contributed by atoms with Crippen LogP contribution in [0.3, 0.4) is 0 Å². The number of allylic oxidation sites excluding steroid dienone is 2. The molecule has 2 aromatic carbocycles. The maximum absolute atomic E-state index is 12.5. The van der Waals surface area contributed by atoms with Crippen LogP contribution in [0.5, 0.6) is 0 Å². The normalized spacial score (nSPS) is 12.4. The van der Waals surface area contributed by atoms with Gasteiger partial charge in [0.15, 0.2) is 0 Å². The predicted octanol–water partition coefficient (Wildman–Crippen LogP) is 16.6. The average molecular weight is 770 g/mol. The van der Waals surface area contributed by atoms with E-state index in [4.69, 9.17) is 0 Å². The number of benzene rings is 2. The molecule has 1 heterocycles. The molecule has 0 aliphatic carbocycles. The second-order valence-corrected chi connectivity index (χ2v) is 14.8. The van der Waals surface area contributed by atoms with E-state index >= 15 is 0 Å². The molecule has 0 spiro atoms. The number of hydrogen-bond donors (Lipinski definition) is 0. The molecule has 302 valence electrons. The van der Waals surface area contributed by atoms with Gasteiger partial charge in [0.05, 0.1) is 0 Å². The Bertz CT molecular complexity index is 1260. The van der Waals surface area contributed by atoms with E-state index in [1.165, 1.54) is 147 Å². The number of aryl methyl sites for hydroxylation is 4. The number of rotatable bonds is 26. The average Bonchev–Trinajstić information content (AvgIpc) is 3.45. The minimum atomic E-state index is 0. The Hall–Kier alpha value is -1.99. The van der Waals surface area contributed by atoms with Gasteiger partial charge >= 0.3 is 16.5 Å². The summed E-state index contributed by atoms with van der Waals surface area (Å²) in [5.74, 6) is 0. The Morgan fingerprint density at radius 1 is 0.377 bits per heavy atom. The number of nitrogens with zero attached hydrogens (tertiary/aromatic N) is 2. The largest absolute Gasteiger partial charge is 2.00 e. The summed E-state index contributed by atoms with van der Waals surface area (Å²) >= 11 is 0. The first kappa shape index (κ1) is 51.0. The minimum absolute atomic E-state index is 0. The Morgan fingerprint density at radius 3 is 1.02 bits per heavy atom. The van der Waals surface area contributed by atoms with Gasteiger partial charge in [0.1, 0.15) is 0 Å². The fourth-order valence-electron chi connectivity index (χ4n) is 7.52. The van der Waals surface area contributed by atoms with Crippen molar-refractivity contribution >= 4 is 11.4 Å². The van der Waals surface area contributed by atoms with Crippen LogP contribution in [0, 0.1) is 13.8 Å². The molecule has 0 saturated heterocycles. The molecule has 0 aromatic heterocycles. The maximum Gasteiger partial charge on any atom is 2.00 e. The van der Waals surface area contributed by atoms with E-state index in [-0.39, 0.29) is 16.5 Å². The van der Waals surface area contributed by atoms with Gasteiger partial charge in [0.2, 0.25) is 11.4 Å². The molecule has 2 aromatic rings. The summed E-state index contributed by atoms with van der Waals surface area (Å²) in [5, 5.41) is 0. The van der Waals surface area contributed by atoms with E-state index in [2.05, 4.69) is 91.8 Å². The molecule has 0 bridgehead atoms. The molecule has 3 heteroatoms. The Balaban J connectivity index is 0.00000522. The molecule has 1 aliphatic heterocycles. The molecule has 0 fully saturated rings. The van der Waals surface area contributed by atoms with Gasteiger partial charge < -0.3 is 19.4 Å². The van der Waals surface area contributed by atoms with Crippen LogP contribution >= 0.6 is 0 Å². The Labute approximate surface area is 340 Å². The van der Waals surface area contributed by atoms with Crippen molar-refractivity contribution in [2.24, 2.45) is 0 Å². The van der Waals surface area contributed by atoms with Crippen LogP contribution in [-0.2, 0) is 42.2 Å². The zero-order valence-electron chi connectivity index (χ0n) is 36.1. The zero-order chi connectivity index (χ0) is 38.6. The molecule has 0 unspecified atom stereocenters. The first-order valence-corrected chi connectivity index (χ1v) is 22.1. The van der Waals surface area contributed by atoms with Crippen LogP contribution in [0.2, 0.25) is 0 Å². The van der Waals surface area contributed by atoms with E-state index in [1.54, 1.807) is 18.5 Å². The number of hydrogen-bond acceptors (Lipinski definition) is 0. The smallest absolute Gasteiger partial charge is 0.493 e. The van der Waals surface area contributed by atoms with Crippen molar-refractivity contribution in [3.05, 3.63) is 100 Å². The van der Waals surface area contributed by atoms with E-state index in [9.17, 15) is 5.53 Å². The van der Waals surface area contributed by atoms with Gasteiger partial charge in [-0.15, -0.1) is 0 Å². The summed E-state index contributed by atoms with van der Waals surface area (Å²) in [6.07, 6.45) is 28.9. The maximum atomic E-state index is 12.5. The van der Waals surface area contributed by atoms with Gasteiger partial charge in [-0.2, -0.15) is 13.8 Å². The third-order valence-electron chi connectivity index (χ3n) is 10.3. The first-order chi connectivity index (χ1) is 25.5. The van der Waals surface area contributed by atoms with Crippen molar-refractivity contribution in [3.8, 4) is 0 Å². The summed E-state index contributed by atoms with van der Waals surface area (Å²) in [7, 11) is 0. The van der Waals surface area contributed by atoms with Crippen molar-refractivity contribution in [3.63, 3.8) is 0 Å². The number of unbranched alkanes of at least 4 members (excludes halogenated alkanes) is 12. The zero-order valence-corrected chi connectivity index (χ0v) is 37.0. The monoisotopic (exact) mass is 769 g/mol. The van der Waals surface area contributed by atoms with Gasteiger partial charge in [-0.1, -0.05) is 131 Å². The van der Waals surface area contributed by atoms with Gasteiger partial charge in [-0.25, -0.2) is 4.70 Å². The Kier molecular flexibility index (Phi) is 31.1. The molecular weight excluding hydrogens is 687 g/mol. The van der Waals surface area contributed by atoms with Crippen LogP contribution in [0.15, 0.2) is 47.5 Å². The summed E-state index contributed by atoms with van der Waals surface area (Å²) in [5.41, 5.74) is 25.7. The second-order valence-electron chi connectivity index (χ2n) is 14.8. The fraction of sp³-hybridized carbons (Fsp3) is 0.640. The van der Waals surface area contributed by atoms with Crippen molar-refractivity contribution < 1.29 is 21.2 Å². The van der Waals surface area contributed by atoms with Crippen molar-refractivity contribution in [2.45, 2.75) is 209 Å². The molecule has 3 rings (SSSR count). The van der Waals surface area contributed by atoms with Crippen LogP contribution in [-0.4, -0.2) is 4.70 Å². The third kappa shape index (κ3) is 18.0. The second kappa shape index (κ2) is 32.3. The quantitative estimate of drug-likeness (QED) is 0.0394. The van der Waals surface area contributed by atoms with Crippen LogP contribution in [0.4, 0.5) is 0 Å². The summed E-state index contributed by atoms with van der Waals surface area (Å²) < 4.78 is 1.67. The molecule has 0 atom stereocenters. The topological polar surface area (TPSA) is 25.3 Å². The third-order valence-corrected chi connectivity index (χ3v) is 10.3. The molecule has 0 N–H and O–H groups in total. The molecule has 1 aliphatic rings. The molecule has 53 heavy (non-hydrogen) atoms. The van der Waals surface area contributed by atoms with E-state index < -0.39 is 0 Å². The van der Waals surface area contributed by atoms with Crippen molar-refractivity contribution in [1.29, 1.82) is 0 Å². The van der Waals surface area contributed by atoms with Crippen LogP contribution < -0.4 is 0 Å². The van der Waals surface area contributed by atoms with Crippen molar-refractivity contribution in [2.75, 3.05) is 0 Å². The van der Waals surface area contributed by atoms with E-state index in [0.29, 0.717) is 0 Å². The standard InChI is InChI=1S/C46H72N2.2C2H5.Ni/c1-7-13-19-20-21-24-30-44-43(29-18-12-6)45(42-35-39(27-22-14-8-2)32-40(36-42)28-23-15-9-3)48(47)46(44)41-33-37(25-16-10-4)31-38(34-41)26-17-11-5;2*1-2;/h31-36H,7-30H2,1-6H3;2*1H2,2H3;/q;2*-1;+2. The molecule has 0 radical (unpaired) electrons. The van der Waals surface area contributed by atoms with Gasteiger partial charge in [0.25, 0.3) is 0 Å². The molecule has 0 saturated carbocycles. The van der Waals surface area contributed by atoms with Gasteiger partial charge in [-0.3, -0.25) is 0 Å². The van der Waals surface area contributed by atoms with Crippen LogP contribution in [0.25, 0.3) is 16.9 Å². The van der Waals surface area contributed by atoms with E-state index in [0.717, 1.165) is 62.8 Å². The Morgan fingerprint density at radius 2 is 0.642 bits per heavy atom. The van der Waals surface area contributed by atoms with Crippen molar-refractivity contribution in [1.82, 2.24) is 0 Å². The molecule has 0 amide bonds. The summed E-state index contributed by atoms with van der Waals surface area (Å²) in [4.78, 5) is 0. The summed E-state index contributed by atoms with van der Waals surface area (Å²) in [6, 6.07) is 14.6. The fourth-order valence-corrected chi connectivity index (χ4v) is 7.52. The first-order valence-electron chi connectivity index (χ1n) is 22.1. The summed E-state index contributed by atoms with van der Waals surface area (Å²) in [6.45, 7) is 23.8. The van der Waals surface area contributed by atoms with E-state index in [1.807, 2.05) is 0 Å².